The van der Waals surface area contributed by atoms with Crippen molar-refractivity contribution in [2.45, 2.75) is 13.3 Å². The van der Waals surface area contributed by atoms with Crippen molar-refractivity contribution in [1.29, 1.82) is 0 Å². The number of aromatic amines is 1. The van der Waals surface area contributed by atoms with E-state index in [1.807, 2.05) is 31.2 Å². The smallest absolute Gasteiger partial charge is 0.493 e. The molecule has 0 atom stereocenters. The van der Waals surface area contributed by atoms with E-state index in [0.717, 1.165) is 12.0 Å². The zero-order valence-electron chi connectivity index (χ0n) is 11.5. The number of hydrogen-bond acceptors (Lipinski definition) is 4. The molecular formula is C15H15NO5. The van der Waals surface area contributed by atoms with Crippen LogP contribution in [0, 0.1) is 0 Å². The second-order valence-corrected chi connectivity index (χ2v) is 4.28. The first-order valence-electron chi connectivity index (χ1n) is 6.48. The van der Waals surface area contributed by atoms with Gasteiger partial charge in [0.25, 0.3) is 5.56 Å². The minimum atomic E-state index is -1.53. The van der Waals surface area contributed by atoms with Crippen molar-refractivity contribution in [1.82, 2.24) is 4.98 Å². The number of pyridine rings is 1. The molecule has 0 radical (unpaired) electrons. The van der Waals surface area contributed by atoms with Crippen molar-refractivity contribution in [3.05, 3.63) is 46.8 Å². The normalized spacial score (nSPS) is 10.1. The van der Waals surface area contributed by atoms with Crippen LogP contribution in [0.5, 0.6) is 11.5 Å². The first-order chi connectivity index (χ1) is 10.1. The molecule has 1 heterocycles. The van der Waals surface area contributed by atoms with Gasteiger partial charge in [0.05, 0.1) is 12.3 Å². The van der Waals surface area contributed by atoms with Crippen LogP contribution in [-0.4, -0.2) is 22.9 Å². The molecule has 21 heavy (non-hydrogen) atoms. The molecule has 0 fully saturated rings. The van der Waals surface area contributed by atoms with Gasteiger partial charge in [0, 0.05) is 5.56 Å². The lowest BCUT2D eigenvalue weighted by Crippen LogP contribution is -2.15. The maximum atomic E-state index is 11.8. The van der Waals surface area contributed by atoms with Gasteiger partial charge in [0.1, 0.15) is 5.75 Å². The van der Waals surface area contributed by atoms with E-state index in [9.17, 15) is 9.59 Å². The van der Waals surface area contributed by atoms with Gasteiger partial charge in [-0.3, -0.25) is 4.79 Å². The summed E-state index contributed by atoms with van der Waals surface area (Å²) < 4.78 is 10.0. The lowest BCUT2D eigenvalue weighted by Gasteiger charge is -2.11. The number of aromatic nitrogens is 1. The number of ether oxygens (including phenoxy) is 2. The van der Waals surface area contributed by atoms with Gasteiger partial charge in [-0.2, -0.15) is 0 Å². The van der Waals surface area contributed by atoms with Gasteiger partial charge in [-0.15, -0.1) is 0 Å². The topological polar surface area (TPSA) is 88.6 Å². The van der Waals surface area contributed by atoms with Gasteiger partial charge in [0.15, 0.2) is 5.75 Å². The molecule has 0 bridgehead atoms. The molecular weight excluding hydrogens is 274 g/mol. The second kappa shape index (κ2) is 6.60. The third kappa shape index (κ3) is 3.62. The summed E-state index contributed by atoms with van der Waals surface area (Å²) in [6.07, 6.45) is -0.657. The third-order valence-corrected chi connectivity index (χ3v) is 2.71. The Balaban J connectivity index is 2.36. The van der Waals surface area contributed by atoms with E-state index >= 15 is 0 Å². The summed E-state index contributed by atoms with van der Waals surface area (Å²) in [5.74, 6) is 0.389. The minimum Gasteiger partial charge on any atom is -0.493 e. The van der Waals surface area contributed by atoms with E-state index in [-0.39, 0.29) is 5.75 Å². The van der Waals surface area contributed by atoms with Crippen LogP contribution in [0.4, 0.5) is 4.79 Å². The predicted molar refractivity (Wildman–Crippen MR) is 76.9 cm³/mol. The van der Waals surface area contributed by atoms with Gasteiger partial charge in [-0.25, -0.2) is 4.79 Å². The quantitative estimate of drug-likeness (QED) is 0.826. The molecule has 0 saturated carbocycles. The van der Waals surface area contributed by atoms with Gasteiger partial charge in [-0.05, 0) is 30.7 Å². The predicted octanol–water partition coefficient (Wildman–Crippen LogP) is 2.89. The average Bonchev–Trinajstić information content (AvgIpc) is 2.47. The summed E-state index contributed by atoms with van der Waals surface area (Å²) in [6.45, 7) is 2.57. The lowest BCUT2D eigenvalue weighted by molar-refractivity contribution is 0.144. The molecule has 110 valence electrons. The Kier molecular flexibility index (Phi) is 4.61. The van der Waals surface area contributed by atoms with Crippen LogP contribution in [0.25, 0.3) is 11.3 Å². The Morgan fingerprint density at radius 2 is 1.95 bits per heavy atom. The van der Waals surface area contributed by atoms with Crippen molar-refractivity contribution in [2.75, 3.05) is 6.61 Å². The standard InChI is InChI=1S/C15H15NO5/c1-2-9-20-12-6-4-3-5-10(12)11-7-8-13(14(17)16-11)21-15(18)19/h3-8H,2,9H2,1H3,(H,16,17)(H,18,19). The largest absolute Gasteiger partial charge is 0.511 e. The summed E-state index contributed by atoms with van der Waals surface area (Å²) >= 11 is 0. The van der Waals surface area contributed by atoms with Crippen molar-refractivity contribution in [3.8, 4) is 22.8 Å². The Hall–Kier alpha value is -2.76. The van der Waals surface area contributed by atoms with Crippen LogP contribution in [0.15, 0.2) is 41.2 Å². The molecule has 6 nitrogen and oxygen atoms in total. The van der Waals surface area contributed by atoms with Crippen molar-refractivity contribution in [3.63, 3.8) is 0 Å². The van der Waals surface area contributed by atoms with Gasteiger partial charge < -0.3 is 19.6 Å². The van der Waals surface area contributed by atoms with Crippen LogP contribution in [0.3, 0.4) is 0 Å². The zero-order valence-corrected chi connectivity index (χ0v) is 11.5. The molecule has 6 heteroatoms. The highest BCUT2D eigenvalue weighted by Gasteiger charge is 2.10. The molecule has 2 rings (SSSR count). The molecule has 0 unspecified atom stereocenters. The molecule has 0 aliphatic carbocycles. The van der Waals surface area contributed by atoms with E-state index in [1.54, 1.807) is 6.07 Å². The number of benzene rings is 1. The van der Waals surface area contributed by atoms with Gasteiger partial charge in [0.2, 0.25) is 0 Å². The molecule has 0 spiro atoms. The molecule has 0 aliphatic rings. The number of H-pyrrole nitrogens is 1. The first kappa shape index (κ1) is 14.6. The van der Waals surface area contributed by atoms with E-state index in [2.05, 4.69) is 9.72 Å². The van der Waals surface area contributed by atoms with E-state index in [1.165, 1.54) is 6.07 Å². The monoisotopic (exact) mass is 289 g/mol. The molecule has 1 aromatic carbocycles. The Labute approximate surface area is 121 Å². The fourth-order valence-electron chi connectivity index (χ4n) is 1.82. The molecule has 0 saturated heterocycles. The van der Waals surface area contributed by atoms with E-state index < -0.39 is 11.7 Å². The van der Waals surface area contributed by atoms with E-state index in [0.29, 0.717) is 18.1 Å². The Bertz CT molecular complexity index is 692. The molecule has 2 aromatic rings. The van der Waals surface area contributed by atoms with Crippen LogP contribution in [-0.2, 0) is 0 Å². The Morgan fingerprint density at radius 1 is 1.19 bits per heavy atom. The first-order valence-corrected chi connectivity index (χ1v) is 6.48. The Morgan fingerprint density at radius 3 is 2.62 bits per heavy atom. The maximum Gasteiger partial charge on any atom is 0.511 e. The van der Waals surface area contributed by atoms with Crippen molar-refractivity contribution < 1.29 is 19.4 Å². The van der Waals surface area contributed by atoms with Crippen LogP contribution in [0.1, 0.15) is 13.3 Å². The van der Waals surface area contributed by atoms with Crippen LogP contribution in [0.2, 0.25) is 0 Å². The third-order valence-electron chi connectivity index (χ3n) is 2.71. The molecule has 0 amide bonds. The fraction of sp³-hybridized carbons (Fsp3) is 0.200. The summed E-state index contributed by atoms with van der Waals surface area (Å²) in [4.78, 5) is 24.8. The molecule has 1 aromatic heterocycles. The van der Waals surface area contributed by atoms with Crippen molar-refractivity contribution >= 4 is 6.16 Å². The van der Waals surface area contributed by atoms with E-state index in [4.69, 9.17) is 9.84 Å². The van der Waals surface area contributed by atoms with Crippen LogP contribution < -0.4 is 15.0 Å². The highest BCUT2D eigenvalue weighted by Crippen LogP contribution is 2.28. The molecule has 0 aliphatic heterocycles. The minimum absolute atomic E-state index is 0.266. The average molecular weight is 289 g/mol. The summed E-state index contributed by atoms with van der Waals surface area (Å²) in [7, 11) is 0. The number of carbonyl (C=O) groups is 1. The van der Waals surface area contributed by atoms with Gasteiger partial charge in [-0.1, -0.05) is 19.1 Å². The van der Waals surface area contributed by atoms with Crippen LogP contribution >= 0.6 is 0 Å². The zero-order chi connectivity index (χ0) is 15.2. The van der Waals surface area contributed by atoms with Gasteiger partial charge >= 0.3 is 6.16 Å². The fourth-order valence-corrected chi connectivity index (χ4v) is 1.82. The highest BCUT2D eigenvalue weighted by atomic mass is 16.7. The summed E-state index contributed by atoms with van der Waals surface area (Å²) in [5, 5.41) is 8.52. The SMILES string of the molecule is CCCOc1ccccc1-c1ccc(OC(=O)O)c(=O)[nH]1. The number of nitrogens with one attached hydrogen (secondary N) is 1. The summed E-state index contributed by atoms with van der Waals surface area (Å²) in [6, 6.07) is 10.2. The number of hydrogen-bond donors (Lipinski definition) is 2. The lowest BCUT2D eigenvalue weighted by atomic mass is 10.1. The number of carboxylic acid groups (broad SMARTS) is 1. The summed E-state index contributed by atoms with van der Waals surface area (Å²) in [5.41, 5.74) is 0.648. The highest BCUT2D eigenvalue weighted by molar-refractivity contribution is 5.68. The van der Waals surface area contributed by atoms with Crippen molar-refractivity contribution in [2.24, 2.45) is 0 Å². The maximum absolute atomic E-state index is 11.8. The number of para-hydroxylation sites is 1. The molecule has 2 N–H and O–H groups in total. The second-order valence-electron chi connectivity index (χ2n) is 4.28. The number of rotatable bonds is 5.